The van der Waals surface area contributed by atoms with E-state index < -0.39 is 26.0 Å². The Hall–Kier alpha value is -1.49. The maximum absolute atomic E-state index is 12.9. The highest BCUT2D eigenvalue weighted by Crippen LogP contribution is 2.25. The Bertz CT molecular complexity index is 883. The van der Waals surface area contributed by atoms with Crippen LogP contribution >= 0.6 is 0 Å². The Morgan fingerprint density at radius 3 is 2.19 bits per heavy atom. The smallest absolute Gasteiger partial charge is 0.251 e. The van der Waals surface area contributed by atoms with Crippen LogP contribution in [0.4, 0.5) is 0 Å². The third-order valence-corrected chi connectivity index (χ3v) is 7.86. The van der Waals surface area contributed by atoms with Crippen LogP contribution in [0, 0.1) is 0 Å². The van der Waals surface area contributed by atoms with Crippen molar-refractivity contribution in [2.75, 3.05) is 39.0 Å². The van der Waals surface area contributed by atoms with Crippen LogP contribution in [0.2, 0.25) is 0 Å². The van der Waals surface area contributed by atoms with Gasteiger partial charge in [-0.1, -0.05) is 12.1 Å². The summed E-state index contributed by atoms with van der Waals surface area (Å²) >= 11 is 0. The number of hydrogen-bond acceptors (Lipinski definition) is 6. The number of carbonyl (C=O) groups is 1. The molecule has 1 aromatic rings. The summed E-state index contributed by atoms with van der Waals surface area (Å²) < 4.78 is 56.3. The van der Waals surface area contributed by atoms with E-state index in [0.29, 0.717) is 13.0 Å². The van der Waals surface area contributed by atoms with E-state index in [4.69, 9.17) is 4.74 Å². The van der Waals surface area contributed by atoms with Crippen LogP contribution in [-0.2, 0) is 29.4 Å². The summed E-state index contributed by atoms with van der Waals surface area (Å²) in [5, 5.41) is 0. The maximum Gasteiger partial charge on any atom is 0.251 e. The van der Waals surface area contributed by atoms with E-state index in [9.17, 15) is 21.6 Å². The van der Waals surface area contributed by atoms with Crippen LogP contribution in [0.1, 0.15) is 12.8 Å². The van der Waals surface area contributed by atoms with E-state index in [1.165, 1.54) is 28.6 Å². The van der Waals surface area contributed by atoms with Crippen molar-refractivity contribution < 1.29 is 26.4 Å². The minimum absolute atomic E-state index is 0.101. The molecule has 2 saturated heterocycles. The molecule has 0 radical (unpaired) electrons. The second kappa shape index (κ2) is 7.26. The van der Waals surface area contributed by atoms with Crippen molar-refractivity contribution in [2.24, 2.45) is 0 Å². The molecular weight excluding hydrogens is 380 g/mol. The molecule has 1 amide bonds. The maximum atomic E-state index is 12.9. The molecule has 2 fully saturated rings. The third-order valence-electron chi connectivity index (χ3n) is 4.62. The number of sulfone groups is 1. The molecule has 0 bridgehead atoms. The lowest BCUT2D eigenvalue weighted by Gasteiger charge is -2.35. The number of benzene rings is 1. The van der Waals surface area contributed by atoms with Gasteiger partial charge in [0.1, 0.15) is 11.0 Å². The fraction of sp³-hybridized carbons (Fsp3) is 0.562. The molecule has 0 spiro atoms. The van der Waals surface area contributed by atoms with Crippen LogP contribution in [0.25, 0.3) is 0 Å². The van der Waals surface area contributed by atoms with Crippen molar-refractivity contribution in [3.05, 3.63) is 24.3 Å². The quantitative estimate of drug-likeness (QED) is 0.708. The fourth-order valence-electron chi connectivity index (χ4n) is 3.23. The number of sulfonamides is 1. The van der Waals surface area contributed by atoms with Crippen LogP contribution in [-0.4, -0.2) is 77.1 Å². The summed E-state index contributed by atoms with van der Waals surface area (Å²) in [7, 11) is -7.64. The van der Waals surface area contributed by atoms with Gasteiger partial charge in [0.05, 0.1) is 4.90 Å². The second-order valence-corrected chi connectivity index (χ2v) is 10.3. The van der Waals surface area contributed by atoms with Crippen molar-refractivity contribution in [1.82, 2.24) is 9.21 Å². The molecule has 26 heavy (non-hydrogen) atoms. The summed E-state index contributed by atoms with van der Waals surface area (Å²) in [6, 6.07) is 5.58. The van der Waals surface area contributed by atoms with Crippen LogP contribution in [0.3, 0.4) is 0 Å². The molecule has 2 aliphatic heterocycles. The molecule has 1 aromatic carbocycles. The molecule has 0 aromatic heterocycles. The number of carbonyl (C=O) groups excluding carboxylic acids is 1. The van der Waals surface area contributed by atoms with E-state index in [0.717, 1.165) is 12.7 Å². The average molecular weight is 402 g/mol. The summed E-state index contributed by atoms with van der Waals surface area (Å²) in [4.78, 5) is 13.6. The van der Waals surface area contributed by atoms with Gasteiger partial charge in [-0.25, -0.2) is 16.8 Å². The number of amides is 1. The predicted octanol–water partition coefficient (Wildman–Crippen LogP) is 0.102. The van der Waals surface area contributed by atoms with Gasteiger partial charge < -0.3 is 9.64 Å². The molecule has 1 atom stereocenters. The zero-order valence-electron chi connectivity index (χ0n) is 14.5. The molecule has 144 valence electrons. The Kier molecular flexibility index (Phi) is 5.38. The van der Waals surface area contributed by atoms with Gasteiger partial charge >= 0.3 is 0 Å². The van der Waals surface area contributed by atoms with Crippen molar-refractivity contribution in [3.8, 4) is 0 Å². The lowest BCUT2D eigenvalue weighted by Crippen LogP contribution is -2.52. The lowest BCUT2D eigenvalue weighted by atomic mass is 10.2. The minimum atomic E-state index is -3.96. The summed E-state index contributed by atoms with van der Waals surface area (Å²) in [6.07, 6.45) is 2.11. The SMILES string of the molecule is CS(=O)(=O)c1ccccc1S(=O)(=O)N1CCN(C(=O)C2CCCO2)CC1. The Morgan fingerprint density at radius 2 is 1.65 bits per heavy atom. The summed E-state index contributed by atoms with van der Waals surface area (Å²) in [5.41, 5.74) is 0. The zero-order chi connectivity index (χ0) is 18.9. The number of piperazine rings is 1. The number of ether oxygens (including phenoxy) is 1. The van der Waals surface area contributed by atoms with Gasteiger partial charge in [-0.2, -0.15) is 4.31 Å². The molecule has 0 N–H and O–H groups in total. The first-order valence-electron chi connectivity index (χ1n) is 8.41. The van der Waals surface area contributed by atoms with Gasteiger partial charge in [-0.15, -0.1) is 0 Å². The van der Waals surface area contributed by atoms with E-state index >= 15 is 0 Å². The topological polar surface area (TPSA) is 101 Å². The molecule has 8 nitrogen and oxygen atoms in total. The standard InChI is InChI=1S/C16H22N2O6S2/c1-25(20,21)14-6-2-3-7-15(14)26(22,23)18-10-8-17(9-11-18)16(19)13-5-4-12-24-13/h2-3,6-7,13H,4-5,8-12H2,1H3. The highest BCUT2D eigenvalue weighted by molar-refractivity contribution is 7.93. The number of rotatable bonds is 4. The minimum Gasteiger partial charge on any atom is -0.368 e. The van der Waals surface area contributed by atoms with E-state index in [-0.39, 0.29) is 41.9 Å². The summed E-state index contributed by atoms with van der Waals surface area (Å²) in [5.74, 6) is -0.101. The van der Waals surface area contributed by atoms with Gasteiger partial charge in [-0.3, -0.25) is 4.79 Å². The molecule has 0 aliphatic carbocycles. The van der Waals surface area contributed by atoms with Crippen molar-refractivity contribution in [2.45, 2.75) is 28.7 Å². The zero-order valence-corrected chi connectivity index (χ0v) is 16.1. The van der Waals surface area contributed by atoms with Crippen LogP contribution in [0.5, 0.6) is 0 Å². The van der Waals surface area contributed by atoms with E-state index in [1.807, 2.05) is 0 Å². The molecule has 2 heterocycles. The second-order valence-electron chi connectivity index (χ2n) is 6.45. The first kappa shape index (κ1) is 19.3. The van der Waals surface area contributed by atoms with Crippen LogP contribution < -0.4 is 0 Å². The Labute approximate surface area is 153 Å². The first-order chi connectivity index (χ1) is 12.2. The van der Waals surface area contributed by atoms with E-state index in [1.54, 1.807) is 4.90 Å². The average Bonchev–Trinajstić information content (AvgIpc) is 3.15. The van der Waals surface area contributed by atoms with Crippen molar-refractivity contribution >= 4 is 25.8 Å². The monoisotopic (exact) mass is 402 g/mol. The summed E-state index contributed by atoms with van der Waals surface area (Å²) in [6.45, 7) is 1.35. The van der Waals surface area contributed by atoms with Gasteiger partial charge in [-0.05, 0) is 25.0 Å². The number of hydrogen-bond donors (Lipinski definition) is 0. The molecule has 2 aliphatic rings. The van der Waals surface area contributed by atoms with Gasteiger partial charge in [0, 0.05) is 39.0 Å². The van der Waals surface area contributed by atoms with Gasteiger partial charge in [0.25, 0.3) is 5.91 Å². The van der Waals surface area contributed by atoms with Gasteiger partial charge in [0.2, 0.25) is 10.0 Å². The lowest BCUT2D eigenvalue weighted by molar-refractivity contribution is -0.142. The molecule has 10 heteroatoms. The molecule has 0 saturated carbocycles. The third kappa shape index (κ3) is 3.78. The highest BCUT2D eigenvalue weighted by Gasteiger charge is 2.35. The Morgan fingerprint density at radius 1 is 1.04 bits per heavy atom. The van der Waals surface area contributed by atoms with Crippen molar-refractivity contribution in [1.29, 1.82) is 0 Å². The molecule has 3 rings (SSSR count). The molecule has 1 unspecified atom stereocenters. The van der Waals surface area contributed by atoms with E-state index in [2.05, 4.69) is 0 Å². The predicted molar refractivity (Wildman–Crippen MR) is 93.9 cm³/mol. The van der Waals surface area contributed by atoms with Gasteiger partial charge in [0.15, 0.2) is 9.84 Å². The normalized spacial score (nSPS) is 22.5. The largest absolute Gasteiger partial charge is 0.368 e. The van der Waals surface area contributed by atoms with Crippen molar-refractivity contribution in [3.63, 3.8) is 0 Å². The fourth-order valence-corrected chi connectivity index (χ4v) is 6.26. The van der Waals surface area contributed by atoms with Crippen LogP contribution in [0.15, 0.2) is 34.1 Å². The Balaban J connectivity index is 1.76. The highest BCUT2D eigenvalue weighted by atomic mass is 32.2. The first-order valence-corrected chi connectivity index (χ1v) is 11.7. The number of nitrogens with zero attached hydrogens (tertiary/aromatic N) is 2. The molecular formula is C16H22N2O6S2.